The third kappa shape index (κ3) is 3.73. The fourth-order valence-electron chi connectivity index (χ4n) is 2.07. The molecule has 3 nitrogen and oxygen atoms in total. The van der Waals surface area contributed by atoms with E-state index in [0.29, 0.717) is 0 Å². The lowest BCUT2D eigenvalue weighted by Crippen LogP contribution is -2.28. The molecule has 0 radical (unpaired) electrons. The SMILES string of the molecule is O=C(NOC1CCCC1)c1cc(C(F)(F)F)ccc1Br. The van der Waals surface area contributed by atoms with Crippen LogP contribution in [0.2, 0.25) is 0 Å². The van der Waals surface area contributed by atoms with E-state index in [0.717, 1.165) is 37.8 Å². The number of alkyl halides is 3. The highest BCUT2D eigenvalue weighted by atomic mass is 79.9. The average molecular weight is 352 g/mol. The minimum Gasteiger partial charge on any atom is -0.270 e. The maximum atomic E-state index is 12.6. The van der Waals surface area contributed by atoms with Crippen LogP contribution >= 0.6 is 15.9 Å². The van der Waals surface area contributed by atoms with E-state index < -0.39 is 17.6 Å². The van der Waals surface area contributed by atoms with Crippen molar-refractivity contribution in [2.24, 2.45) is 0 Å². The predicted octanol–water partition coefficient (Wildman–Crippen LogP) is 4.07. The molecule has 0 aromatic heterocycles. The van der Waals surface area contributed by atoms with Crippen LogP contribution in [0.5, 0.6) is 0 Å². The number of carbonyl (C=O) groups is 1. The van der Waals surface area contributed by atoms with Gasteiger partial charge >= 0.3 is 6.18 Å². The van der Waals surface area contributed by atoms with Crippen molar-refractivity contribution in [2.75, 3.05) is 0 Å². The highest BCUT2D eigenvalue weighted by Gasteiger charge is 2.31. The van der Waals surface area contributed by atoms with E-state index in [1.54, 1.807) is 0 Å². The van der Waals surface area contributed by atoms with Gasteiger partial charge in [0.25, 0.3) is 5.91 Å². The Balaban J connectivity index is 2.08. The summed E-state index contributed by atoms with van der Waals surface area (Å²) in [6, 6.07) is 2.92. The summed E-state index contributed by atoms with van der Waals surface area (Å²) in [4.78, 5) is 17.1. The van der Waals surface area contributed by atoms with Gasteiger partial charge in [0.05, 0.1) is 17.2 Å². The molecule has 0 heterocycles. The van der Waals surface area contributed by atoms with Crippen LogP contribution in [0.4, 0.5) is 13.2 Å². The first-order chi connectivity index (χ1) is 9.38. The first-order valence-corrected chi connectivity index (χ1v) is 7.00. The van der Waals surface area contributed by atoms with Crippen molar-refractivity contribution in [2.45, 2.75) is 38.0 Å². The van der Waals surface area contributed by atoms with Gasteiger partial charge < -0.3 is 0 Å². The molecule has 1 N–H and O–H groups in total. The first kappa shape index (κ1) is 15.3. The van der Waals surface area contributed by atoms with Gasteiger partial charge in [-0.3, -0.25) is 9.63 Å². The molecule has 20 heavy (non-hydrogen) atoms. The van der Waals surface area contributed by atoms with Crippen LogP contribution in [0.3, 0.4) is 0 Å². The van der Waals surface area contributed by atoms with Gasteiger partial charge in [-0.05, 0) is 47.0 Å². The minimum atomic E-state index is -4.48. The zero-order valence-electron chi connectivity index (χ0n) is 10.5. The number of hydroxylamine groups is 1. The van der Waals surface area contributed by atoms with E-state index >= 15 is 0 Å². The molecule has 1 saturated carbocycles. The monoisotopic (exact) mass is 351 g/mol. The third-order valence-electron chi connectivity index (χ3n) is 3.16. The molecule has 0 unspecified atom stereocenters. The summed E-state index contributed by atoms with van der Waals surface area (Å²) in [5, 5.41) is 0. The highest BCUT2D eigenvalue weighted by molar-refractivity contribution is 9.10. The van der Waals surface area contributed by atoms with Gasteiger partial charge in [0.2, 0.25) is 0 Å². The minimum absolute atomic E-state index is 0.0523. The Morgan fingerprint density at radius 3 is 2.55 bits per heavy atom. The summed E-state index contributed by atoms with van der Waals surface area (Å²) in [6.45, 7) is 0. The Morgan fingerprint density at radius 2 is 1.95 bits per heavy atom. The second kappa shape index (κ2) is 6.13. The molecule has 0 atom stereocenters. The molecule has 1 aromatic carbocycles. The molecule has 0 bridgehead atoms. The van der Waals surface area contributed by atoms with Crippen LogP contribution in [0.15, 0.2) is 22.7 Å². The molecular weight excluding hydrogens is 339 g/mol. The summed E-state index contributed by atoms with van der Waals surface area (Å²) in [5.41, 5.74) is 1.26. The van der Waals surface area contributed by atoms with Crippen molar-refractivity contribution in [3.05, 3.63) is 33.8 Å². The van der Waals surface area contributed by atoms with Crippen molar-refractivity contribution in [3.63, 3.8) is 0 Å². The molecule has 1 aliphatic carbocycles. The van der Waals surface area contributed by atoms with Gasteiger partial charge in [-0.1, -0.05) is 12.8 Å². The number of rotatable bonds is 3. The van der Waals surface area contributed by atoms with E-state index in [4.69, 9.17) is 4.84 Å². The van der Waals surface area contributed by atoms with Gasteiger partial charge in [0.1, 0.15) is 0 Å². The Bertz CT molecular complexity index is 499. The van der Waals surface area contributed by atoms with E-state index in [1.807, 2.05) is 0 Å². The number of nitrogens with one attached hydrogen (secondary N) is 1. The van der Waals surface area contributed by atoms with E-state index in [9.17, 15) is 18.0 Å². The molecule has 0 spiro atoms. The maximum Gasteiger partial charge on any atom is 0.416 e. The van der Waals surface area contributed by atoms with Crippen LogP contribution in [-0.2, 0) is 11.0 Å². The lowest BCUT2D eigenvalue weighted by Gasteiger charge is -2.13. The van der Waals surface area contributed by atoms with Crippen molar-refractivity contribution in [1.29, 1.82) is 0 Å². The van der Waals surface area contributed by atoms with E-state index in [-0.39, 0.29) is 16.1 Å². The predicted molar refractivity (Wildman–Crippen MR) is 70.0 cm³/mol. The van der Waals surface area contributed by atoms with Crippen molar-refractivity contribution in [3.8, 4) is 0 Å². The quantitative estimate of drug-likeness (QED) is 0.833. The Kier molecular flexibility index (Phi) is 4.70. The smallest absolute Gasteiger partial charge is 0.270 e. The van der Waals surface area contributed by atoms with E-state index in [1.165, 1.54) is 6.07 Å². The van der Waals surface area contributed by atoms with Crippen LogP contribution in [-0.4, -0.2) is 12.0 Å². The number of carbonyl (C=O) groups excluding carboxylic acids is 1. The highest BCUT2D eigenvalue weighted by Crippen LogP contribution is 2.32. The fraction of sp³-hybridized carbons (Fsp3) is 0.462. The maximum absolute atomic E-state index is 12.6. The Labute approximate surface area is 122 Å². The van der Waals surface area contributed by atoms with Gasteiger partial charge in [0.15, 0.2) is 0 Å². The van der Waals surface area contributed by atoms with E-state index in [2.05, 4.69) is 21.4 Å². The molecule has 0 saturated heterocycles. The number of amides is 1. The summed E-state index contributed by atoms with van der Waals surface area (Å²) < 4.78 is 38.1. The molecule has 1 aromatic rings. The second-order valence-corrected chi connectivity index (χ2v) is 5.50. The third-order valence-corrected chi connectivity index (χ3v) is 3.85. The second-order valence-electron chi connectivity index (χ2n) is 4.65. The molecule has 1 amide bonds. The number of halogens is 4. The van der Waals surface area contributed by atoms with Crippen molar-refractivity contribution in [1.82, 2.24) is 5.48 Å². The van der Waals surface area contributed by atoms with Crippen molar-refractivity contribution < 1.29 is 22.8 Å². The zero-order chi connectivity index (χ0) is 14.8. The lowest BCUT2D eigenvalue weighted by atomic mass is 10.1. The first-order valence-electron chi connectivity index (χ1n) is 6.20. The number of benzene rings is 1. The van der Waals surface area contributed by atoms with Crippen molar-refractivity contribution >= 4 is 21.8 Å². The Hall–Kier alpha value is -1.08. The molecule has 0 aliphatic heterocycles. The summed E-state index contributed by atoms with van der Waals surface area (Å²) >= 11 is 3.07. The summed E-state index contributed by atoms with van der Waals surface area (Å²) in [5.74, 6) is -0.685. The fourth-order valence-corrected chi connectivity index (χ4v) is 2.50. The number of hydrogen-bond acceptors (Lipinski definition) is 2. The van der Waals surface area contributed by atoms with Crippen LogP contribution in [0.25, 0.3) is 0 Å². The van der Waals surface area contributed by atoms with Gasteiger partial charge in [-0.15, -0.1) is 0 Å². The molecule has 1 aliphatic rings. The average Bonchev–Trinajstić information content (AvgIpc) is 2.88. The summed E-state index contributed by atoms with van der Waals surface area (Å²) in [6.07, 6.45) is -0.763. The molecular formula is C13H13BrF3NO2. The zero-order valence-corrected chi connectivity index (χ0v) is 12.1. The summed E-state index contributed by atoms with van der Waals surface area (Å²) in [7, 11) is 0. The molecule has 110 valence electrons. The topological polar surface area (TPSA) is 38.3 Å². The molecule has 7 heteroatoms. The van der Waals surface area contributed by atoms with Crippen LogP contribution in [0.1, 0.15) is 41.6 Å². The molecule has 1 fully saturated rings. The lowest BCUT2D eigenvalue weighted by molar-refractivity contribution is -0.137. The molecule has 2 rings (SSSR count). The van der Waals surface area contributed by atoms with Crippen LogP contribution in [0, 0.1) is 0 Å². The van der Waals surface area contributed by atoms with Gasteiger partial charge in [0, 0.05) is 4.47 Å². The standard InChI is InChI=1S/C13H13BrF3NO2/c14-11-6-5-8(13(15,16)17)7-10(11)12(19)18-20-9-3-1-2-4-9/h5-7,9H,1-4H2,(H,18,19). The normalized spacial score (nSPS) is 16.4. The van der Waals surface area contributed by atoms with Gasteiger partial charge in [-0.2, -0.15) is 13.2 Å². The number of hydrogen-bond donors (Lipinski definition) is 1. The largest absolute Gasteiger partial charge is 0.416 e. The van der Waals surface area contributed by atoms with Crippen LogP contribution < -0.4 is 5.48 Å². The van der Waals surface area contributed by atoms with Gasteiger partial charge in [-0.25, -0.2) is 5.48 Å². The Morgan fingerprint density at radius 1 is 1.30 bits per heavy atom.